The third kappa shape index (κ3) is 4.75. The molecule has 2 amide bonds. The largest absolute Gasteiger partial charge is 0.497 e. The molecule has 1 heterocycles. The summed E-state index contributed by atoms with van der Waals surface area (Å²) in [7, 11) is 1.58. The van der Waals surface area contributed by atoms with Gasteiger partial charge >= 0.3 is 0 Å². The molecule has 0 aliphatic carbocycles. The van der Waals surface area contributed by atoms with Crippen LogP contribution in [0.15, 0.2) is 48.5 Å². The zero-order valence-corrected chi connectivity index (χ0v) is 16.1. The molecule has 7 nitrogen and oxygen atoms in total. The number of benzene rings is 2. The van der Waals surface area contributed by atoms with Crippen molar-refractivity contribution in [3.8, 4) is 17.6 Å². The van der Waals surface area contributed by atoms with Gasteiger partial charge in [-0.1, -0.05) is 0 Å². The normalized spacial score (nSPS) is 15.6. The first-order valence-electron chi connectivity index (χ1n) is 8.56. The highest BCUT2D eigenvalue weighted by Gasteiger charge is 2.34. The van der Waals surface area contributed by atoms with Gasteiger partial charge in [-0.2, -0.15) is 5.26 Å². The minimum atomic E-state index is -0.562. The van der Waals surface area contributed by atoms with E-state index in [0.717, 1.165) is 0 Å². The maximum absolute atomic E-state index is 12.6. The minimum Gasteiger partial charge on any atom is -0.497 e. The van der Waals surface area contributed by atoms with Crippen molar-refractivity contribution in [3.05, 3.63) is 54.1 Å². The van der Waals surface area contributed by atoms with Gasteiger partial charge in [-0.05, 0) is 48.5 Å². The Morgan fingerprint density at radius 1 is 1.18 bits per heavy atom. The quantitative estimate of drug-likeness (QED) is 0.805. The number of thioether (sulfide) groups is 1. The number of amides is 2. The van der Waals surface area contributed by atoms with Gasteiger partial charge in [0, 0.05) is 11.4 Å². The standard InChI is InChI=1S/C20H19N3O4S/c1-26-16-6-8-17(9-7-16)27-11-19(24)23-13-28-12-18(23)20(25)22-15-4-2-14(10-21)3-5-15/h2-9,18H,11-13H2,1H3,(H,22,25)/t18-/m1/s1. The maximum atomic E-state index is 12.6. The maximum Gasteiger partial charge on any atom is 0.261 e. The van der Waals surface area contributed by atoms with Crippen molar-refractivity contribution in [3.63, 3.8) is 0 Å². The number of carbonyl (C=O) groups excluding carboxylic acids is 2. The van der Waals surface area contributed by atoms with Crippen LogP contribution in [0.25, 0.3) is 0 Å². The molecular weight excluding hydrogens is 378 g/mol. The molecule has 3 rings (SSSR count). The van der Waals surface area contributed by atoms with Crippen molar-refractivity contribution >= 4 is 29.3 Å². The summed E-state index contributed by atoms with van der Waals surface area (Å²) >= 11 is 1.52. The van der Waals surface area contributed by atoms with Crippen LogP contribution in [0, 0.1) is 11.3 Å². The number of nitrogens with one attached hydrogen (secondary N) is 1. The van der Waals surface area contributed by atoms with Gasteiger partial charge in [-0.15, -0.1) is 11.8 Å². The number of methoxy groups -OCH3 is 1. The van der Waals surface area contributed by atoms with E-state index < -0.39 is 6.04 Å². The lowest BCUT2D eigenvalue weighted by Gasteiger charge is -2.23. The van der Waals surface area contributed by atoms with Crippen LogP contribution < -0.4 is 14.8 Å². The molecule has 2 aromatic carbocycles. The molecule has 1 aliphatic heterocycles. The summed E-state index contributed by atoms with van der Waals surface area (Å²) in [5.41, 5.74) is 1.10. The van der Waals surface area contributed by atoms with E-state index in [1.807, 2.05) is 6.07 Å². The van der Waals surface area contributed by atoms with E-state index in [-0.39, 0.29) is 18.4 Å². The van der Waals surface area contributed by atoms with Gasteiger partial charge in [0.1, 0.15) is 17.5 Å². The first-order valence-corrected chi connectivity index (χ1v) is 9.71. The predicted octanol–water partition coefficient (Wildman–Crippen LogP) is 2.49. The SMILES string of the molecule is COc1ccc(OCC(=O)N2CSC[C@@H]2C(=O)Nc2ccc(C#N)cc2)cc1. The molecule has 0 bridgehead atoms. The molecule has 144 valence electrons. The second kappa shape index (κ2) is 9.15. The van der Waals surface area contributed by atoms with E-state index in [9.17, 15) is 9.59 Å². The summed E-state index contributed by atoms with van der Waals surface area (Å²) in [5, 5.41) is 11.6. The van der Waals surface area contributed by atoms with Gasteiger partial charge in [-0.25, -0.2) is 0 Å². The molecular formula is C20H19N3O4S. The van der Waals surface area contributed by atoms with Gasteiger partial charge in [0.2, 0.25) is 5.91 Å². The van der Waals surface area contributed by atoms with Crippen LogP contribution in [0.4, 0.5) is 5.69 Å². The highest BCUT2D eigenvalue weighted by Crippen LogP contribution is 2.23. The monoisotopic (exact) mass is 397 g/mol. The van der Waals surface area contributed by atoms with Crippen molar-refractivity contribution in [1.29, 1.82) is 5.26 Å². The van der Waals surface area contributed by atoms with Crippen LogP contribution in [-0.2, 0) is 9.59 Å². The summed E-state index contributed by atoms with van der Waals surface area (Å²) < 4.78 is 10.6. The van der Waals surface area contributed by atoms with E-state index in [2.05, 4.69) is 5.32 Å². The average molecular weight is 397 g/mol. The highest BCUT2D eigenvalue weighted by molar-refractivity contribution is 7.99. The van der Waals surface area contributed by atoms with Gasteiger partial charge < -0.3 is 19.7 Å². The molecule has 0 radical (unpaired) electrons. The fourth-order valence-corrected chi connectivity index (χ4v) is 3.84. The van der Waals surface area contributed by atoms with E-state index in [0.29, 0.717) is 34.4 Å². The summed E-state index contributed by atoms with van der Waals surface area (Å²) in [6, 6.07) is 15.0. The number of anilines is 1. The van der Waals surface area contributed by atoms with Gasteiger partial charge in [0.05, 0.1) is 24.6 Å². The van der Waals surface area contributed by atoms with Crippen molar-refractivity contribution in [2.45, 2.75) is 6.04 Å². The van der Waals surface area contributed by atoms with Crippen LogP contribution in [0.5, 0.6) is 11.5 Å². The second-order valence-electron chi connectivity index (χ2n) is 6.02. The fraction of sp³-hybridized carbons (Fsp3) is 0.250. The Kier molecular flexibility index (Phi) is 6.40. The number of hydrogen-bond acceptors (Lipinski definition) is 6. The Morgan fingerprint density at radius 2 is 1.86 bits per heavy atom. The molecule has 8 heteroatoms. The number of nitriles is 1. The fourth-order valence-electron chi connectivity index (χ4n) is 2.66. The number of hydrogen-bond donors (Lipinski definition) is 1. The Morgan fingerprint density at radius 3 is 2.50 bits per heavy atom. The molecule has 28 heavy (non-hydrogen) atoms. The molecule has 0 spiro atoms. The van der Waals surface area contributed by atoms with Crippen LogP contribution in [0.3, 0.4) is 0 Å². The number of ether oxygens (including phenoxy) is 2. The van der Waals surface area contributed by atoms with Crippen LogP contribution in [-0.4, -0.2) is 48.1 Å². The third-order valence-electron chi connectivity index (χ3n) is 4.21. The van der Waals surface area contributed by atoms with Crippen molar-refractivity contribution < 1.29 is 19.1 Å². The van der Waals surface area contributed by atoms with Gasteiger partial charge in [0.15, 0.2) is 6.61 Å². The topological polar surface area (TPSA) is 91.7 Å². The van der Waals surface area contributed by atoms with Crippen LogP contribution >= 0.6 is 11.8 Å². The first kappa shape index (κ1) is 19.6. The second-order valence-corrected chi connectivity index (χ2v) is 7.02. The molecule has 1 saturated heterocycles. The van der Waals surface area contributed by atoms with E-state index >= 15 is 0 Å². The molecule has 0 saturated carbocycles. The average Bonchev–Trinajstić information content (AvgIpc) is 3.23. The van der Waals surface area contributed by atoms with Crippen molar-refractivity contribution in [2.24, 2.45) is 0 Å². The lowest BCUT2D eigenvalue weighted by molar-refractivity contribution is -0.137. The van der Waals surface area contributed by atoms with Gasteiger partial charge in [-0.3, -0.25) is 9.59 Å². The Balaban J connectivity index is 1.56. The molecule has 1 aliphatic rings. The molecule has 0 unspecified atom stereocenters. The van der Waals surface area contributed by atoms with Crippen LogP contribution in [0.1, 0.15) is 5.56 Å². The summed E-state index contributed by atoms with van der Waals surface area (Å²) in [6.07, 6.45) is 0. The lowest BCUT2D eigenvalue weighted by atomic mass is 10.2. The molecule has 0 aromatic heterocycles. The zero-order chi connectivity index (χ0) is 19.9. The number of carbonyl (C=O) groups is 2. The summed E-state index contributed by atoms with van der Waals surface area (Å²) in [5.74, 6) is 1.72. The predicted molar refractivity (Wildman–Crippen MR) is 106 cm³/mol. The van der Waals surface area contributed by atoms with E-state index in [1.165, 1.54) is 16.7 Å². The highest BCUT2D eigenvalue weighted by atomic mass is 32.2. The van der Waals surface area contributed by atoms with E-state index in [4.69, 9.17) is 14.7 Å². The van der Waals surface area contributed by atoms with Crippen molar-refractivity contribution in [1.82, 2.24) is 4.90 Å². The van der Waals surface area contributed by atoms with Crippen molar-refractivity contribution in [2.75, 3.05) is 30.7 Å². The molecule has 1 N–H and O–H groups in total. The smallest absolute Gasteiger partial charge is 0.261 e. The Hall–Kier alpha value is -3.18. The molecule has 1 fully saturated rings. The zero-order valence-electron chi connectivity index (χ0n) is 15.3. The van der Waals surface area contributed by atoms with Crippen LogP contribution in [0.2, 0.25) is 0 Å². The summed E-state index contributed by atoms with van der Waals surface area (Å²) in [4.78, 5) is 26.7. The first-order chi connectivity index (χ1) is 13.6. The number of nitrogens with zero attached hydrogens (tertiary/aromatic N) is 2. The molecule has 2 aromatic rings. The molecule has 1 atom stereocenters. The lowest BCUT2D eigenvalue weighted by Crippen LogP contribution is -2.46. The third-order valence-corrected chi connectivity index (χ3v) is 5.22. The Bertz CT molecular complexity index is 878. The minimum absolute atomic E-state index is 0.145. The van der Waals surface area contributed by atoms with E-state index in [1.54, 1.807) is 55.6 Å². The Labute approximate surface area is 167 Å². The number of rotatable bonds is 6. The van der Waals surface area contributed by atoms with Gasteiger partial charge in [0.25, 0.3) is 5.91 Å². The summed E-state index contributed by atoms with van der Waals surface area (Å²) in [6.45, 7) is -0.145.